The predicted molar refractivity (Wildman–Crippen MR) is 69.4 cm³/mol. The molecule has 22 heavy (non-hydrogen) atoms. The lowest BCUT2D eigenvalue weighted by Gasteiger charge is -2.42. The normalized spacial score (nSPS) is 31.2. The third-order valence-corrected chi connectivity index (χ3v) is 2.85. The molecule has 0 aromatic carbocycles. The minimum atomic E-state index is -1.56. The van der Waals surface area contributed by atoms with Crippen LogP contribution >= 0.6 is 0 Å². The highest BCUT2D eigenvalue weighted by Gasteiger charge is 2.51. The Bertz CT molecular complexity index is 422. The van der Waals surface area contributed by atoms with E-state index >= 15 is 0 Å². The van der Waals surface area contributed by atoms with E-state index in [0.29, 0.717) is 0 Å². The van der Waals surface area contributed by atoms with Gasteiger partial charge < -0.3 is 28.8 Å². The van der Waals surface area contributed by atoms with Crippen LogP contribution in [0, 0.1) is 0 Å². The SMILES string of the molecule is COC[C@H]1O[C@H](O)[C@@H](OC(C)=O)[C@@H](OC(C)=O)[C@@H]1OC(C)=O. The van der Waals surface area contributed by atoms with Gasteiger partial charge in [-0.25, -0.2) is 0 Å². The van der Waals surface area contributed by atoms with Gasteiger partial charge in [0.05, 0.1) is 6.61 Å². The summed E-state index contributed by atoms with van der Waals surface area (Å²) in [5.41, 5.74) is 0. The largest absolute Gasteiger partial charge is 0.456 e. The van der Waals surface area contributed by atoms with Gasteiger partial charge in [0.2, 0.25) is 0 Å². The maximum absolute atomic E-state index is 11.3. The first-order valence-corrected chi connectivity index (χ1v) is 6.60. The van der Waals surface area contributed by atoms with Crippen LogP contribution in [0.25, 0.3) is 0 Å². The third kappa shape index (κ3) is 4.93. The average molecular weight is 320 g/mol. The van der Waals surface area contributed by atoms with E-state index in [-0.39, 0.29) is 6.61 Å². The van der Waals surface area contributed by atoms with E-state index in [2.05, 4.69) is 0 Å². The van der Waals surface area contributed by atoms with Crippen molar-refractivity contribution in [2.24, 2.45) is 0 Å². The maximum Gasteiger partial charge on any atom is 0.303 e. The van der Waals surface area contributed by atoms with Crippen LogP contribution in [0.15, 0.2) is 0 Å². The number of carbonyl (C=O) groups excluding carboxylic acids is 3. The molecule has 1 fully saturated rings. The molecule has 0 aromatic rings. The molecule has 9 heteroatoms. The van der Waals surface area contributed by atoms with E-state index in [4.69, 9.17) is 23.7 Å². The number of aliphatic hydroxyl groups excluding tert-OH is 1. The number of carbonyl (C=O) groups is 3. The summed E-state index contributed by atoms with van der Waals surface area (Å²) in [6.45, 7) is 3.41. The van der Waals surface area contributed by atoms with Crippen molar-refractivity contribution in [3.05, 3.63) is 0 Å². The lowest BCUT2D eigenvalue weighted by Crippen LogP contribution is -2.62. The Hall–Kier alpha value is -1.71. The highest BCUT2D eigenvalue weighted by Crippen LogP contribution is 2.27. The van der Waals surface area contributed by atoms with E-state index < -0.39 is 48.6 Å². The summed E-state index contributed by atoms with van der Waals surface area (Å²) in [7, 11) is 1.39. The average Bonchev–Trinajstić information content (AvgIpc) is 2.37. The van der Waals surface area contributed by atoms with Crippen molar-refractivity contribution in [2.75, 3.05) is 13.7 Å². The van der Waals surface area contributed by atoms with Gasteiger partial charge >= 0.3 is 17.9 Å². The zero-order valence-corrected chi connectivity index (χ0v) is 12.8. The van der Waals surface area contributed by atoms with Crippen molar-refractivity contribution in [1.82, 2.24) is 0 Å². The molecule has 1 N–H and O–H groups in total. The molecule has 126 valence electrons. The van der Waals surface area contributed by atoms with Crippen molar-refractivity contribution in [2.45, 2.75) is 51.5 Å². The van der Waals surface area contributed by atoms with Crippen molar-refractivity contribution in [1.29, 1.82) is 0 Å². The van der Waals surface area contributed by atoms with Crippen LogP contribution in [0.4, 0.5) is 0 Å². The van der Waals surface area contributed by atoms with Gasteiger partial charge in [0.15, 0.2) is 24.6 Å². The molecule has 0 saturated carbocycles. The van der Waals surface area contributed by atoms with E-state index in [1.54, 1.807) is 0 Å². The molecule has 0 radical (unpaired) electrons. The molecule has 0 bridgehead atoms. The smallest absolute Gasteiger partial charge is 0.303 e. The molecule has 0 amide bonds. The van der Waals surface area contributed by atoms with Gasteiger partial charge in [-0.15, -0.1) is 0 Å². The Morgan fingerprint density at radius 2 is 1.36 bits per heavy atom. The Balaban J connectivity index is 3.09. The standard InChI is InChI=1S/C13H20O9/c1-6(14)19-10-9(5-18-4)22-13(17)12(21-8(3)16)11(10)20-7(2)15/h9-13,17H,5H2,1-4H3/t9-,10-,11+,12+,13+/m1/s1. The fourth-order valence-corrected chi connectivity index (χ4v) is 2.17. The fraction of sp³-hybridized carbons (Fsp3) is 0.769. The van der Waals surface area contributed by atoms with Gasteiger partial charge in [-0.2, -0.15) is 0 Å². The molecule has 0 aromatic heterocycles. The molecule has 0 unspecified atom stereocenters. The van der Waals surface area contributed by atoms with Crippen LogP contribution in [-0.2, 0) is 38.1 Å². The minimum Gasteiger partial charge on any atom is -0.456 e. The maximum atomic E-state index is 11.3. The van der Waals surface area contributed by atoms with E-state index in [9.17, 15) is 19.5 Å². The first-order valence-electron chi connectivity index (χ1n) is 6.60. The number of aliphatic hydroxyl groups is 1. The van der Waals surface area contributed by atoms with Crippen LogP contribution in [0.2, 0.25) is 0 Å². The Labute approximate surface area is 127 Å². The zero-order chi connectivity index (χ0) is 16.9. The second kappa shape index (κ2) is 8.06. The molecule has 1 heterocycles. The lowest BCUT2D eigenvalue weighted by atomic mass is 9.98. The summed E-state index contributed by atoms with van der Waals surface area (Å²) in [6.07, 6.45) is -6.07. The number of esters is 3. The Kier molecular flexibility index (Phi) is 6.72. The molecule has 1 aliphatic rings. The number of methoxy groups -OCH3 is 1. The molecule has 1 rings (SSSR count). The summed E-state index contributed by atoms with van der Waals surface area (Å²) in [4.78, 5) is 33.7. The summed E-state index contributed by atoms with van der Waals surface area (Å²) < 4.78 is 25.3. The topological polar surface area (TPSA) is 118 Å². The molecule has 0 spiro atoms. The van der Waals surface area contributed by atoms with Crippen molar-refractivity contribution >= 4 is 17.9 Å². The first-order chi connectivity index (χ1) is 10.3. The predicted octanol–water partition coefficient (Wildman–Crippen LogP) is -0.855. The van der Waals surface area contributed by atoms with Crippen molar-refractivity contribution in [3.63, 3.8) is 0 Å². The summed E-state index contributed by atoms with van der Waals surface area (Å²) in [6, 6.07) is 0. The van der Waals surface area contributed by atoms with E-state index in [0.717, 1.165) is 13.8 Å². The highest BCUT2D eigenvalue weighted by molar-refractivity contribution is 5.68. The van der Waals surface area contributed by atoms with Crippen LogP contribution in [0.3, 0.4) is 0 Å². The highest BCUT2D eigenvalue weighted by atomic mass is 16.7. The number of hydrogen-bond acceptors (Lipinski definition) is 9. The van der Waals surface area contributed by atoms with Crippen molar-refractivity contribution in [3.8, 4) is 0 Å². The van der Waals surface area contributed by atoms with E-state index in [1.807, 2.05) is 0 Å². The molecule has 5 atom stereocenters. The van der Waals surface area contributed by atoms with Crippen LogP contribution in [-0.4, -0.2) is 67.4 Å². The van der Waals surface area contributed by atoms with Gasteiger partial charge in [0.25, 0.3) is 0 Å². The molecule has 1 aliphatic heterocycles. The minimum absolute atomic E-state index is 0.0282. The molecule has 1 saturated heterocycles. The van der Waals surface area contributed by atoms with Gasteiger partial charge in [0.1, 0.15) is 6.10 Å². The summed E-state index contributed by atoms with van der Waals surface area (Å²) in [5, 5.41) is 9.96. The summed E-state index contributed by atoms with van der Waals surface area (Å²) >= 11 is 0. The van der Waals surface area contributed by atoms with Crippen LogP contribution in [0.5, 0.6) is 0 Å². The van der Waals surface area contributed by atoms with Gasteiger partial charge in [0, 0.05) is 27.9 Å². The first kappa shape index (κ1) is 18.3. The molecular weight excluding hydrogens is 300 g/mol. The van der Waals surface area contributed by atoms with Gasteiger partial charge in [-0.3, -0.25) is 14.4 Å². The number of hydrogen-bond donors (Lipinski definition) is 1. The van der Waals surface area contributed by atoms with Crippen LogP contribution < -0.4 is 0 Å². The van der Waals surface area contributed by atoms with Crippen LogP contribution in [0.1, 0.15) is 20.8 Å². The third-order valence-electron chi connectivity index (χ3n) is 2.85. The second-order valence-corrected chi connectivity index (χ2v) is 4.74. The quantitative estimate of drug-likeness (QED) is 0.510. The monoisotopic (exact) mass is 320 g/mol. The zero-order valence-electron chi connectivity index (χ0n) is 12.8. The molecular formula is C13H20O9. The van der Waals surface area contributed by atoms with E-state index in [1.165, 1.54) is 14.0 Å². The Morgan fingerprint density at radius 1 is 0.909 bits per heavy atom. The number of rotatable bonds is 5. The summed E-state index contributed by atoms with van der Waals surface area (Å²) in [5.74, 6) is -2.05. The van der Waals surface area contributed by atoms with Gasteiger partial charge in [-0.05, 0) is 0 Å². The fourth-order valence-electron chi connectivity index (χ4n) is 2.17. The Morgan fingerprint density at radius 3 is 1.82 bits per heavy atom. The van der Waals surface area contributed by atoms with Crippen molar-refractivity contribution < 1.29 is 43.2 Å². The second-order valence-electron chi connectivity index (χ2n) is 4.74. The number of ether oxygens (including phenoxy) is 5. The lowest BCUT2D eigenvalue weighted by molar-refractivity contribution is -0.296. The molecule has 0 aliphatic carbocycles. The van der Waals surface area contributed by atoms with Gasteiger partial charge in [-0.1, -0.05) is 0 Å². The molecule has 9 nitrogen and oxygen atoms in total.